The van der Waals surface area contributed by atoms with E-state index >= 15 is 0 Å². The van der Waals surface area contributed by atoms with E-state index < -0.39 is 0 Å². The van der Waals surface area contributed by atoms with E-state index in [-0.39, 0.29) is 0 Å². The number of nitrogens with zero attached hydrogens (tertiary/aromatic N) is 1. The number of ether oxygens (including phenoxy) is 1. The topological polar surface area (TPSA) is 45.4 Å². The Morgan fingerprint density at radius 1 is 1.60 bits per heavy atom. The van der Waals surface area contributed by atoms with Crippen molar-refractivity contribution in [1.82, 2.24) is 0 Å². The normalized spacial score (nSPS) is 12.1. The SMILES string of the molecule is C/C=C\N=C(\OC)C(C)=N. The maximum absolute atomic E-state index is 7.14. The van der Waals surface area contributed by atoms with Crippen molar-refractivity contribution in [3.63, 3.8) is 0 Å². The molecule has 0 aliphatic heterocycles. The van der Waals surface area contributed by atoms with Crippen LogP contribution in [0.25, 0.3) is 0 Å². The van der Waals surface area contributed by atoms with Gasteiger partial charge in [-0.05, 0) is 13.8 Å². The second-order valence-electron chi connectivity index (χ2n) is 1.75. The predicted octanol–water partition coefficient (Wildman–Crippen LogP) is 1.60. The molecular weight excluding hydrogens is 128 g/mol. The third-order valence-electron chi connectivity index (χ3n) is 0.855. The minimum absolute atomic E-state index is 0.334. The Morgan fingerprint density at radius 3 is 2.50 bits per heavy atom. The Hall–Kier alpha value is -1.12. The van der Waals surface area contributed by atoms with Crippen molar-refractivity contribution < 1.29 is 4.74 Å². The number of nitrogens with one attached hydrogen (secondary N) is 1. The summed E-state index contributed by atoms with van der Waals surface area (Å²) >= 11 is 0. The standard InChI is InChI=1S/C7H12N2O/c1-4-5-9-7(10-3)6(2)8/h4-5,8H,1-3H3/b5-4-,8-6?,9-7+. The molecule has 0 radical (unpaired) electrons. The monoisotopic (exact) mass is 140 g/mol. The molecule has 0 heterocycles. The fourth-order valence-corrected chi connectivity index (χ4v) is 0.445. The summed E-state index contributed by atoms with van der Waals surface area (Å²) in [5.41, 5.74) is 0.334. The average molecular weight is 140 g/mol. The van der Waals surface area contributed by atoms with Crippen molar-refractivity contribution >= 4 is 11.6 Å². The van der Waals surface area contributed by atoms with Crippen LogP contribution in [0.5, 0.6) is 0 Å². The smallest absolute Gasteiger partial charge is 0.234 e. The maximum Gasteiger partial charge on any atom is 0.234 e. The van der Waals surface area contributed by atoms with E-state index in [1.165, 1.54) is 7.11 Å². The molecule has 0 bridgehead atoms. The molecule has 56 valence electrons. The summed E-state index contributed by atoms with van der Waals surface area (Å²) < 4.78 is 4.79. The molecule has 0 aromatic rings. The number of allylic oxidation sites excluding steroid dienone is 1. The highest BCUT2D eigenvalue weighted by molar-refractivity contribution is 6.36. The lowest BCUT2D eigenvalue weighted by Gasteiger charge is -1.98. The third-order valence-corrected chi connectivity index (χ3v) is 0.855. The molecule has 0 unspecified atom stereocenters. The summed E-state index contributed by atoms with van der Waals surface area (Å²) in [5, 5.41) is 7.14. The van der Waals surface area contributed by atoms with Crippen molar-refractivity contribution in [1.29, 1.82) is 5.41 Å². The summed E-state index contributed by atoms with van der Waals surface area (Å²) in [4.78, 5) is 3.85. The van der Waals surface area contributed by atoms with Gasteiger partial charge in [0, 0.05) is 6.20 Å². The van der Waals surface area contributed by atoms with E-state index in [4.69, 9.17) is 10.1 Å². The van der Waals surface area contributed by atoms with Crippen LogP contribution in [-0.2, 0) is 4.74 Å². The van der Waals surface area contributed by atoms with Gasteiger partial charge in [0.05, 0.1) is 12.8 Å². The number of methoxy groups -OCH3 is 1. The lowest BCUT2D eigenvalue weighted by molar-refractivity contribution is 0.410. The lowest BCUT2D eigenvalue weighted by atomic mass is 10.4. The second-order valence-corrected chi connectivity index (χ2v) is 1.75. The third kappa shape index (κ3) is 3.02. The Kier molecular flexibility index (Phi) is 4.20. The molecule has 0 atom stereocenters. The van der Waals surface area contributed by atoms with E-state index in [1.54, 1.807) is 19.2 Å². The average Bonchev–Trinajstić information content (AvgIpc) is 1.89. The van der Waals surface area contributed by atoms with Crippen LogP contribution in [0, 0.1) is 5.41 Å². The Labute approximate surface area is 60.9 Å². The maximum atomic E-state index is 7.14. The van der Waals surface area contributed by atoms with Gasteiger partial charge >= 0.3 is 0 Å². The molecule has 0 saturated heterocycles. The van der Waals surface area contributed by atoms with Crippen molar-refractivity contribution in [3.8, 4) is 0 Å². The number of hydrogen-bond donors (Lipinski definition) is 1. The zero-order valence-electron chi connectivity index (χ0n) is 6.51. The van der Waals surface area contributed by atoms with Crippen LogP contribution in [0.15, 0.2) is 17.3 Å². The van der Waals surface area contributed by atoms with Crippen LogP contribution in [0.3, 0.4) is 0 Å². The van der Waals surface area contributed by atoms with Crippen LogP contribution in [-0.4, -0.2) is 18.7 Å². The number of rotatable bonds is 2. The highest BCUT2D eigenvalue weighted by Gasteiger charge is 1.96. The molecule has 0 rings (SSSR count). The summed E-state index contributed by atoms with van der Waals surface area (Å²) in [6.07, 6.45) is 3.37. The molecule has 0 fully saturated rings. The highest BCUT2D eigenvalue weighted by Crippen LogP contribution is 1.84. The fourth-order valence-electron chi connectivity index (χ4n) is 0.445. The lowest BCUT2D eigenvalue weighted by Crippen LogP contribution is -2.10. The van der Waals surface area contributed by atoms with E-state index in [0.29, 0.717) is 11.6 Å². The zero-order valence-corrected chi connectivity index (χ0v) is 6.51. The van der Waals surface area contributed by atoms with Gasteiger partial charge in [-0.1, -0.05) is 6.08 Å². The second kappa shape index (κ2) is 4.73. The van der Waals surface area contributed by atoms with Gasteiger partial charge in [-0.3, -0.25) is 5.41 Å². The highest BCUT2D eigenvalue weighted by atomic mass is 16.5. The minimum Gasteiger partial charge on any atom is -0.480 e. The first kappa shape index (κ1) is 8.88. The van der Waals surface area contributed by atoms with Crippen LogP contribution in [0.2, 0.25) is 0 Å². The van der Waals surface area contributed by atoms with Crippen LogP contribution in [0.1, 0.15) is 13.8 Å². The first-order valence-electron chi connectivity index (χ1n) is 3.00. The molecule has 0 spiro atoms. The summed E-state index contributed by atoms with van der Waals surface area (Å²) in [7, 11) is 1.50. The Bertz CT molecular complexity index is 170. The van der Waals surface area contributed by atoms with Gasteiger partial charge in [-0.25, -0.2) is 4.99 Å². The Morgan fingerprint density at radius 2 is 2.20 bits per heavy atom. The predicted molar refractivity (Wildman–Crippen MR) is 42.7 cm³/mol. The van der Waals surface area contributed by atoms with Crippen molar-refractivity contribution in [2.75, 3.05) is 7.11 Å². The summed E-state index contributed by atoms with van der Waals surface area (Å²) in [6.45, 7) is 3.49. The Balaban J connectivity index is 4.18. The molecule has 3 nitrogen and oxygen atoms in total. The summed E-state index contributed by atoms with van der Waals surface area (Å²) in [6, 6.07) is 0. The molecule has 10 heavy (non-hydrogen) atoms. The first-order valence-corrected chi connectivity index (χ1v) is 3.00. The van der Waals surface area contributed by atoms with Crippen LogP contribution < -0.4 is 0 Å². The number of hydrogen-bond acceptors (Lipinski definition) is 3. The van der Waals surface area contributed by atoms with Gasteiger partial charge in [-0.2, -0.15) is 0 Å². The van der Waals surface area contributed by atoms with Crippen LogP contribution >= 0.6 is 0 Å². The molecule has 0 aromatic heterocycles. The van der Waals surface area contributed by atoms with Crippen molar-refractivity contribution in [2.45, 2.75) is 13.8 Å². The fraction of sp³-hybridized carbons (Fsp3) is 0.429. The van der Waals surface area contributed by atoms with Crippen molar-refractivity contribution in [3.05, 3.63) is 12.3 Å². The van der Waals surface area contributed by atoms with Gasteiger partial charge in [0.1, 0.15) is 0 Å². The molecule has 0 saturated carbocycles. The van der Waals surface area contributed by atoms with Gasteiger partial charge in [0.15, 0.2) is 0 Å². The van der Waals surface area contributed by atoms with E-state index in [0.717, 1.165) is 0 Å². The van der Waals surface area contributed by atoms with Crippen molar-refractivity contribution in [2.24, 2.45) is 4.99 Å². The molecule has 1 N–H and O–H groups in total. The number of aliphatic imine (C=N–C) groups is 1. The zero-order chi connectivity index (χ0) is 7.98. The largest absolute Gasteiger partial charge is 0.480 e. The molecular formula is C7H12N2O. The molecule has 0 amide bonds. The van der Waals surface area contributed by atoms with E-state index in [1.807, 2.05) is 6.92 Å². The first-order chi connectivity index (χ1) is 4.72. The van der Waals surface area contributed by atoms with Gasteiger partial charge in [0.2, 0.25) is 5.90 Å². The van der Waals surface area contributed by atoms with Crippen LogP contribution in [0.4, 0.5) is 0 Å². The summed E-state index contributed by atoms with van der Waals surface area (Å²) in [5.74, 6) is 0.359. The van der Waals surface area contributed by atoms with Gasteiger partial charge < -0.3 is 4.74 Å². The van der Waals surface area contributed by atoms with E-state index in [9.17, 15) is 0 Å². The molecule has 3 heteroatoms. The molecule has 0 aliphatic carbocycles. The quantitative estimate of drug-likeness (QED) is 0.459. The van der Waals surface area contributed by atoms with Gasteiger partial charge in [-0.15, -0.1) is 0 Å². The molecule has 0 aromatic carbocycles. The van der Waals surface area contributed by atoms with E-state index in [2.05, 4.69) is 4.99 Å². The molecule has 0 aliphatic rings. The van der Waals surface area contributed by atoms with Gasteiger partial charge in [0.25, 0.3) is 0 Å². The minimum atomic E-state index is 0.334.